The highest BCUT2D eigenvalue weighted by molar-refractivity contribution is 5.88. The van der Waals surface area contributed by atoms with Crippen LogP contribution in [-0.4, -0.2) is 0 Å². The van der Waals surface area contributed by atoms with Crippen molar-refractivity contribution in [2.45, 2.75) is 0 Å². The normalized spacial score (nSPS) is 10.2. The van der Waals surface area contributed by atoms with E-state index >= 15 is 0 Å². The van der Waals surface area contributed by atoms with E-state index < -0.39 is 0 Å². The van der Waals surface area contributed by atoms with Gasteiger partial charge in [-0.05, 0) is 34.0 Å². The summed E-state index contributed by atoms with van der Waals surface area (Å²) in [5.41, 5.74) is 4.48. The molecule has 0 saturated heterocycles. The van der Waals surface area contributed by atoms with Gasteiger partial charge in [-0.25, -0.2) is 0 Å². The first-order valence-electron chi connectivity index (χ1n) is 8.06. The van der Waals surface area contributed by atoms with Gasteiger partial charge in [0.05, 0.1) is 0 Å². The minimum Gasteiger partial charge on any atom is -0.0622 e. The zero-order valence-electron chi connectivity index (χ0n) is 13.2. The first-order valence-corrected chi connectivity index (χ1v) is 8.06. The zero-order valence-corrected chi connectivity index (χ0v) is 13.2. The lowest BCUT2D eigenvalue weighted by Gasteiger charge is -2.04. The third kappa shape index (κ3) is 2.81. The van der Waals surface area contributed by atoms with E-state index in [1.165, 1.54) is 21.9 Å². The molecule has 0 bridgehead atoms. The fourth-order valence-corrected chi connectivity index (χ4v) is 2.93. The van der Waals surface area contributed by atoms with E-state index in [-0.39, 0.29) is 0 Å². The highest BCUT2D eigenvalue weighted by Gasteiger charge is 2.02. The summed E-state index contributed by atoms with van der Waals surface area (Å²) in [5.74, 6) is 6.73. The van der Waals surface area contributed by atoms with E-state index in [1.54, 1.807) is 0 Å². The summed E-state index contributed by atoms with van der Waals surface area (Å²) in [6.45, 7) is 0. The van der Waals surface area contributed by atoms with Crippen LogP contribution < -0.4 is 0 Å². The third-order valence-electron chi connectivity index (χ3n) is 4.13. The van der Waals surface area contributed by atoms with Crippen LogP contribution in [0, 0.1) is 11.8 Å². The summed E-state index contributed by atoms with van der Waals surface area (Å²) in [6, 6.07) is 33.4. The minimum atomic E-state index is 1.05. The lowest BCUT2D eigenvalue weighted by molar-refractivity contribution is 1.58. The standard InChI is InChI=1S/C24H16/c1-2-9-19(10-3-1)23-15-7-5-12-21(23)17-18-22-14-8-13-20-11-4-6-16-24(20)22/h1-16H. The first-order chi connectivity index (χ1) is 11.9. The topological polar surface area (TPSA) is 0 Å². The molecule has 4 aromatic carbocycles. The maximum absolute atomic E-state index is 3.37. The van der Waals surface area contributed by atoms with Crippen molar-refractivity contribution in [1.29, 1.82) is 0 Å². The second-order valence-electron chi connectivity index (χ2n) is 5.69. The predicted octanol–water partition coefficient (Wildman–Crippen LogP) is 5.91. The molecule has 0 amide bonds. The second-order valence-corrected chi connectivity index (χ2v) is 5.69. The third-order valence-corrected chi connectivity index (χ3v) is 4.13. The molecule has 0 heteroatoms. The van der Waals surface area contributed by atoms with Crippen molar-refractivity contribution in [3.05, 3.63) is 108 Å². The van der Waals surface area contributed by atoms with Crippen LogP contribution in [0.25, 0.3) is 21.9 Å². The van der Waals surface area contributed by atoms with Gasteiger partial charge in [0, 0.05) is 11.1 Å². The highest BCUT2D eigenvalue weighted by Crippen LogP contribution is 2.23. The van der Waals surface area contributed by atoms with Gasteiger partial charge in [-0.3, -0.25) is 0 Å². The molecule has 0 heterocycles. The molecular formula is C24H16. The number of fused-ring (bicyclic) bond motifs is 1. The van der Waals surface area contributed by atoms with Gasteiger partial charge in [0.15, 0.2) is 0 Å². The molecule has 4 rings (SSSR count). The average molecular weight is 304 g/mol. The molecule has 0 atom stereocenters. The fraction of sp³-hybridized carbons (Fsp3) is 0. The van der Waals surface area contributed by atoms with Crippen LogP contribution in [0.15, 0.2) is 97.1 Å². The van der Waals surface area contributed by atoms with Crippen LogP contribution in [0.3, 0.4) is 0 Å². The fourth-order valence-electron chi connectivity index (χ4n) is 2.93. The molecule has 24 heavy (non-hydrogen) atoms. The molecule has 112 valence electrons. The van der Waals surface area contributed by atoms with E-state index in [4.69, 9.17) is 0 Å². The Morgan fingerprint density at radius 1 is 0.458 bits per heavy atom. The molecule has 0 N–H and O–H groups in total. The van der Waals surface area contributed by atoms with E-state index in [2.05, 4.69) is 96.8 Å². The lowest BCUT2D eigenvalue weighted by atomic mass is 9.99. The van der Waals surface area contributed by atoms with E-state index in [9.17, 15) is 0 Å². The van der Waals surface area contributed by atoms with Crippen LogP contribution in [0.1, 0.15) is 11.1 Å². The Morgan fingerprint density at radius 2 is 1.08 bits per heavy atom. The van der Waals surface area contributed by atoms with E-state index in [1.807, 2.05) is 12.1 Å². The Morgan fingerprint density at radius 3 is 2.00 bits per heavy atom. The molecule has 0 radical (unpaired) electrons. The summed E-state index contributed by atoms with van der Waals surface area (Å²) < 4.78 is 0. The summed E-state index contributed by atoms with van der Waals surface area (Å²) in [7, 11) is 0. The second kappa shape index (κ2) is 6.44. The van der Waals surface area contributed by atoms with Gasteiger partial charge in [0.25, 0.3) is 0 Å². The molecule has 0 nitrogen and oxygen atoms in total. The molecule has 0 aliphatic heterocycles. The van der Waals surface area contributed by atoms with Gasteiger partial charge in [0.2, 0.25) is 0 Å². The Labute approximate surface area is 142 Å². The number of hydrogen-bond acceptors (Lipinski definition) is 0. The average Bonchev–Trinajstić information content (AvgIpc) is 2.67. The highest BCUT2D eigenvalue weighted by atomic mass is 14.0. The zero-order chi connectivity index (χ0) is 16.2. The Kier molecular flexibility index (Phi) is 3.84. The largest absolute Gasteiger partial charge is 0.0622 e. The quantitative estimate of drug-likeness (QED) is 0.384. The smallest absolute Gasteiger partial charge is 0.0327 e. The van der Waals surface area contributed by atoms with Crippen molar-refractivity contribution in [3.8, 4) is 23.0 Å². The van der Waals surface area contributed by atoms with Gasteiger partial charge in [-0.1, -0.05) is 96.8 Å². The summed E-state index contributed by atoms with van der Waals surface area (Å²) in [5, 5.41) is 2.42. The summed E-state index contributed by atoms with van der Waals surface area (Å²) in [6.07, 6.45) is 0. The van der Waals surface area contributed by atoms with Crippen molar-refractivity contribution in [3.63, 3.8) is 0 Å². The van der Waals surface area contributed by atoms with Crippen molar-refractivity contribution in [2.24, 2.45) is 0 Å². The van der Waals surface area contributed by atoms with Crippen LogP contribution in [0.2, 0.25) is 0 Å². The summed E-state index contributed by atoms with van der Waals surface area (Å²) in [4.78, 5) is 0. The van der Waals surface area contributed by atoms with Crippen LogP contribution in [-0.2, 0) is 0 Å². The molecule has 0 unspecified atom stereocenters. The molecule has 0 aliphatic carbocycles. The van der Waals surface area contributed by atoms with Gasteiger partial charge < -0.3 is 0 Å². The SMILES string of the molecule is C(#Cc1cccc2ccccc12)c1ccccc1-c1ccccc1. The maximum atomic E-state index is 3.37. The predicted molar refractivity (Wildman–Crippen MR) is 102 cm³/mol. The molecule has 0 aliphatic rings. The molecule has 4 aromatic rings. The molecular weight excluding hydrogens is 288 g/mol. The molecule has 0 spiro atoms. The van der Waals surface area contributed by atoms with Crippen LogP contribution in [0.4, 0.5) is 0 Å². The Bertz CT molecular complexity index is 1040. The van der Waals surface area contributed by atoms with Gasteiger partial charge in [0.1, 0.15) is 0 Å². The van der Waals surface area contributed by atoms with Crippen molar-refractivity contribution < 1.29 is 0 Å². The van der Waals surface area contributed by atoms with Gasteiger partial charge in [-0.2, -0.15) is 0 Å². The Hall–Kier alpha value is -3.30. The molecule has 0 fully saturated rings. The molecule has 0 aromatic heterocycles. The van der Waals surface area contributed by atoms with Crippen LogP contribution >= 0.6 is 0 Å². The maximum Gasteiger partial charge on any atom is 0.0327 e. The Balaban J connectivity index is 1.82. The number of hydrogen-bond donors (Lipinski definition) is 0. The number of benzene rings is 4. The lowest BCUT2D eigenvalue weighted by Crippen LogP contribution is -1.84. The van der Waals surface area contributed by atoms with Crippen molar-refractivity contribution >= 4 is 10.8 Å². The van der Waals surface area contributed by atoms with E-state index in [0.29, 0.717) is 0 Å². The van der Waals surface area contributed by atoms with Gasteiger partial charge in [-0.15, -0.1) is 0 Å². The van der Waals surface area contributed by atoms with Crippen LogP contribution in [0.5, 0.6) is 0 Å². The molecule has 0 saturated carbocycles. The van der Waals surface area contributed by atoms with Crippen molar-refractivity contribution in [2.75, 3.05) is 0 Å². The summed E-state index contributed by atoms with van der Waals surface area (Å²) >= 11 is 0. The van der Waals surface area contributed by atoms with Crippen molar-refractivity contribution in [1.82, 2.24) is 0 Å². The monoisotopic (exact) mass is 304 g/mol. The van der Waals surface area contributed by atoms with E-state index in [0.717, 1.165) is 11.1 Å². The first kappa shape index (κ1) is 14.3. The van der Waals surface area contributed by atoms with Gasteiger partial charge >= 0.3 is 0 Å². The number of rotatable bonds is 1. The minimum absolute atomic E-state index is 1.05.